The number of carbonyl (C=O) groups excluding carboxylic acids is 3. The molecule has 1 fully saturated rings. The second-order valence-corrected chi connectivity index (χ2v) is 10.6. The molecule has 13 nitrogen and oxygen atoms in total. The normalized spacial score (nSPS) is 17.8. The van der Waals surface area contributed by atoms with E-state index in [4.69, 9.17) is 17.2 Å². The Balaban J connectivity index is 1.80. The van der Waals surface area contributed by atoms with Crippen molar-refractivity contribution in [2.45, 2.75) is 76.5 Å². The van der Waals surface area contributed by atoms with Crippen molar-refractivity contribution in [1.82, 2.24) is 20.5 Å². The lowest BCUT2D eigenvalue weighted by atomic mass is 9.98. The molecule has 1 saturated heterocycles. The summed E-state index contributed by atoms with van der Waals surface area (Å²) in [6.45, 7) is 4.45. The molecule has 41 heavy (non-hydrogen) atoms. The molecule has 13 heteroatoms. The third-order valence-corrected chi connectivity index (χ3v) is 7.67. The van der Waals surface area contributed by atoms with Crippen LogP contribution < -0.4 is 27.8 Å². The number of fused-ring (bicyclic) bond motifs is 1. The van der Waals surface area contributed by atoms with Crippen LogP contribution in [0.15, 0.2) is 35.5 Å². The van der Waals surface area contributed by atoms with E-state index in [-0.39, 0.29) is 37.2 Å². The summed E-state index contributed by atoms with van der Waals surface area (Å²) in [5.41, 5.74) is 18.5. The van der Waals surface area contributed by atoms with E-state index in [9.17, 15) is 24.3 Å². The number of rotatable bonds is 14. The lowest BCUT2D eigenvalue weighted by Crippen LogP contribution is -2.57. The topological polar surface area (TPSA) is 222 Å². The Bertz CT molecular complexity index is 1260. The number of carboxylic acids is 1. The number of nitrogens with one attached hydrogen (secondary N) is 3. The molecule has 1 aromatic heterocycles. The number of benzene rings is 1. The zero-order valence-corrected chi connectivity index (χ0v) is 23.6. The minimum absolute atomic E-state index is 0.0489. The van der Waals surface area contributed by atoms with Gasteiger partial charge in [0.15, 0.2) is 5.96 Å². The molecule has 224 valence electrons. The predicted octanol–water partition coefficient (Wildman–Crippen LogP) is 0.183. The van der Waals surface area contributed by atoms with E-state index < -0.39 is 42.0 Å². The van der Waals surface area contributed by atoms with Crippen LogP contribution in [-0.4, -0.2) is 81.9 Å². The molecule has 5 unspecified atom stereocenters. The van der Waals surface area contributed by atoms with Crippen LogP contribution in [0.2, 0.25) is 0 Å². The van der Waals surface area contributed by atoms with Crippen LogP contribution in [-0.2, 0) is 25.6 Å². The van der Waals surface area contributed by atoms with Gasteiger partial charge in [0.1, 0.15) is 18.1 Å². The van der Waals surface area contributed by atoms with E-state index in [2.05, 4.69) is 20.6 Å². The van der Waals surface area contributed by atoms with Gasteiger partial charge in [-0.25, -0.2) is 4.79 Å². The Kier molecular flexibility index (Phi) is 11.1. The molecule has 1 aliphatic heterocycles. The number of carboxylic acid groups (broad SMARTS) is 1. The molecule has 0 bridgehead atoms. The first-order chi connectivity index (χ1) is 19.5. The van der Waals surface area contributed by atoms with E-state index in [1.165, 1.54) is 4.90 Å². The summed E-state index contributed by atoms with van der Waals surface area (Å²) in [5.74, 6) is -2.79. The Morgan fingerprint density at radius 3 is 2.59 bits per heavy atom. The van der Waals surface area contributed by atoms with E-state index in [0.717, 1.165) is 22.9 Å². The number of carbonyl (C=O) groups is 4. The van der Waals surface area contributed by atoms with Crippen molar-refractivity contribution in [1.29, 1.82) is 0 Å². The van der Waals surface area contributed by atoms with E-state index in [1.54, 1.807) is 6.20 Å². The van der Waals surface area contributed by atoms with Crippen molar-refractivity contribution >= 4 is 40.6 Å². The Morgan fingerprint density at radius 1 is 1.17 bits per heavy atom. The van der Waals surface area contributed by atoms with E-state index >= 15 is 0 Å². The molecule has 3 rings (SSSR count). The molecule has 2 heterocycles. The Morgan fingerprint density at radius 2 is 1.90 bits per heavy atom. The standard InChI is InChI=1S/C28H42N8O5/c1-3-16(2)23(29)26(39)36-13-7-11-22(36)25(38)35-21(14-17-15-33-19-9-5-4-8-18(17)19)24(37)34-20(27(40)41)10-6-12-32-28(30)31/h4-5,8-9,15-16,20-23,33H,3,6-7,10-14,29H2,1-2H3,(H,34,37)(H,35,38)(H,40,41)(H4,30,31,32). The number of aliphatic carboxylic acids is 1. The van der Waals surface area contributed by atoms with Crippen LogP contribution >= 0.6 is 0 Å². The first kappa shape index (κ1) is 31.4. The molecule has 0 radical (unpaired) electrons. The summed E-state index contributed by atoms with van der Waals surface area (Å²) in [6, 6.07) is 3.73. The maximum atomic E-state index is 13.5. The van der Waals surface area contributed by atoms with Gasteiger partial charge in [0.25, 0.3) is 0 Å². The number of aromatic nitrogens is 1. The molecule has 1 aliphatic rings. The van der Waals surface area contributed by atoms with Gasteiger partial charge in [0, 0.05) is 36.6 Å². The van der Waals surface area contributed by atoms with Crippen LogP contribution in [0.25, 0.3) is 10.9 Å². The number of amides is 3. The zero-order chi connectivity index (χ0) is 30.1. The van der Waals surface area contributed by atoms with Crippen molar-refractivity contribution in [3.05, 3.63) is 36.0 Å². The van der Waals surface area contributed by atoms with Crippen molar-refractivity contribution in [3.8, 4) is 0 Å². The largest absolute Gasteiger partial charge is 0.480 e. The summed E-state index contributed by atoms with van der Waals surface area (Å²) < 4.78 is 0. The quantitative estimate of drug-likeness (QED) is 0.0940. The fourth-order valence-electron chi connectivity index (χ4n) is 5.02. The summed E-state index contributed by atoms with van der Waals surface area (Å²) in [6.07, 6.45) is 4.07. The SMILES string of the molecule is CCC(C)C(N)C(=O)N1CCCC1C(=O)NC(Cc1c[nH]c2ccccc12)C(=O)NC(CCCN=C(N)N)C(=O)O. The first-order valence-corrected chi connectivity index (χ1v) is 14.0. The average Bonchev–Trinajstić information content (AvgIpc) is 3.60. The fraction of sp³-hybridized carbons (Fsp3) is 0.536. The molecule has 3 amide bonds. The van der Waals surface area contributed by atoms with Crippen LogP contribution in [0.5, 0.6) is 0 Å². The van der Waals surface area contributed by atoms with Gasteiger partial charge in [-0.1, -0.05) is 38.5 Å². The first-order valence-electron chi connectivity index (χ1n) is 14.0. The fourth-order valence-corrected chi connectivity index (χ4v) is 5.02. The second kappa shape index (κ2) is 14.5. The van der Waals surface area contributed by atoms with Gasteiger partial charge in [0.05, 0.1) is 6.04 Å². The van der Waals surface area contributed by atoms with Crippen LogP contribution in [0, 0.1) is 5.92 Å². The molecule has 0 spiro atoms. The zero-order valence-electron chi connectivity index (χ0n) is 23.6. The van der Waals surface area contributed by atoms with Gasteiger partial charge < -0.3 is 42.8 Å². The summed E-state index contributed by atoms with van der Waals surface area (Å²) >= 11 is 0. The van der Waals surface area contributed by atoms with Gasteiger partial charge >= 0.3 is 5.97 Å². The van der Waals surface area contributed by atoms with Crippen LogP contribution in [0.4, 0.5) is 0 Å². The molecular formula is C28H42N8O5. The molecule has 2 aromatic rings. The van der Waals surface area contributed by atoms with E-state index in [0.29, 0.717) is 25.8 Å². The van der Waals surface area contributed by atoms with Crippen molar-refractivity contribution in [2.75, 3.05) is 13.1 Å². The molecule has 5 atom stereocenters. The summed E-state index contributed by atoms with van der Waals surface area (Å²) in [7, 11) is 0. The maximum Gasteiger partial charge on any atom is 0.326 e. The van der Waals surface area contributed by atoms with Crippen LogP contribution in [0.1, 0.15) is 51.5 Å². The predicted molar refractivity (Wildman–Crippen MR) is 156 cm³/mol. The van der Waals surface area contributed by atoms with Gasteiger partial charge in [-0.15, -0.1) is 0 Å². The maximum absolute atomic E-state index is 13.5. The monoisotopic (exact) mass is 570 g/mol. The molecule has 1 aromatic carbocycles. The summed E-state index contributed by atoms with van der Waals surface area (Å²) in [4.78, 5) is 60.6. The summed E-state index contributed by atoms with van der Waals surface area (Å²) in [5, 5.41) is 16.0. The van der Waals surface area contributed by atoms with Crippen molar-refractivity contribution in [2.24, 2.45) is 28.1 Å². The molecule has 10 N–H and O–H groups in total. The number of para-hydroxylation sites is 1. The lowest BCUT2D eigenvalue weighted by Gasteiger charge is -2.30. The second-order valence-electron chi connectivity index (χ2n) is 10.6. The number of nitrogens with two attached hydrogens (primary N) is 3. The minimum Gasteiger partial charge on any atom is -0.480 e. The number of nitrogens with zero attached hydrogens (tertiary/aromatic N) is 2. The Labute approximate surface area is 239 Å². The number of hydrogen-bond acceptors (Lipinski definition) is 6. The number of likely N-dealkylation sites (tertiary alicyclic amines) is 1. The average molecular weight is 571 g/mol. The number of H-pyrrole nitrogens is 1. The van der Waals surface area contributed by atoms with Crippen LogP contribution in [0.3, 0.4) is 0 Å². The highest BCUT2D eigenvalue weighted by Gasteiger charge is 2.39. The van der Waals surface area contributed by atoms with Gasteiger partial charge in [-0.2, -0.15) is 0 Å². The Hall–Kier alpha value is -4.13. The molecular weight excluding hydrogens is 528 g/mol. The van der Waals surface area contributed by atoms with Crippen molar-refractivity contribution < 1.29 is 24.3 Å². The minimum atomic E-state index is -1.22. The smallest absolute Gasteiger partial charge is 0.326 e. The highest BCUT2D eigenvalue weighted by molar-refractivity contribution is 5.95. The number of aliphatic imine (C=N–C) groups is 1. The lowest BCUT2D eigenvalue weighted by molar-refractivity contribution is -0.143. The van der Waals surface area contributed by atoms with Crippen molar-refractivity contribution in [3.63, 3.8) is 0 Å². The van der Waals surface area contributed by atoms with Gasteiger partial charge in [-0.05, 0) is 43.2 Å². The highest BCUT2D eigenvalue weighted by atomic mass is 16.4. The third-order valence-electron chi connectivity index (χ3n) is 7.67. The number of guanidine groups is 1. The number of hydrogen-bond donors (Lipinski definition) is 7. The third kappa shape index (κ3) is 8.19. The number of aromatic amines is 1. The molecule has 0 saturated carbocycles. The van der Waals surface area contributed by atoms with E-state index in [1.807, 2.05) is 38.1 Å². The molecule has 0 aliphatic carbocycles. The highest BCUT2D eigenvalue weighted by Crippen LogP contribution is 2.22. The van der Waals surface area contributed by atoms with Gasteiger partial charge in [0.2, 0.25) is 17.7 Å². The van der Waals surface area contributed by atoms with Gasteiger partial charge in [-0.3, -0.25) is 19.4 Å².